The van der Waals surface area contributed by atoms with E-state index in [1.807, 2.05) is 30.3 Å². The molecule has 4 nitrogen and oxygen atoms in total. The molecular weight excluding hydrogens is 379 g/mol. The first-order valence-electron chi connectivity index (χ1n) is 9.61. The zero-order valence-electron chi connectivity index (χ0n) is 15.5. The molecule has 1 fully saturated rings. The largest absolute Gasteiger partial charge is 0.390 e. The molecule has 0 aromatic heterocycles. The summed E-state index contributed by atoms with van der Waals surface area (Å²) in [6.07, 6.45) is 3.28. The fourth-order valence-corrected chi connectivity index (χ4v) is 3.87. The quantitative estimate of drug-likeness (QED) is 0.698. The molecule has 4 rings (SSSR count). The molecule has 1 heterocycles. The highest BCUT2D eigenvalue weighted by Gasteiger charge is 2.33. The topological polar surface area (TPSA) is 41.9 Å². The number of carbonyl (C=O) groups is 1. The van der Waals surface area contributed by atoms with E-state index in [0.29, 0.717) is 24.5 Å². The van der Waals surface area contributed by atoms with Crippen LogP contribution in [-0.2, 0) is 16.2 Å². The number of hydrogen-bond donors (Lipinski definition) is 0. The van der Waals surface area contributed by atoms with E-state index in [-0.39, 0.29) is 23.7 Å². The van der Waals surface area contributed by atoms with Gasteiger partial charge in [0.15, 0.2) is 6.10 Å². The molecule has 1 amide bonds. The minimum absolute atomic E-state index is 0.0684. The Kier molecular flexibility index (Phi) is 5.62. The highest BCUT2D eigenvalue weighted by molar-refractivity contribution is 6.34. The van der Waals surface area contributed by atoms with Crippen molar-refractivity contribution in [2.24, 2.45) is 11.1 Å². The van der Waals surface area contributed by atoms with E-state index in [0.717, 1.165) is 36.1 Å². The number of rotatable bonds is 6. The van der Waals surface area contributed by atoms with Gasteiger partial charge >= 0.3 is 0 Å². The number of benzene rings is 2. The van der Waals surface area contributed by atoms with Crippen molar-refractivity contribution in [3.8, 4) is 0 Å². The number of nitrogens with zero attached hydrogens (tertiary/aromatic N) is 2. The smallest absolute Gasteiger partial charge is 0.226 e. The Morgan fingerprint density at radius 1 is 1.21 bits per heavy atom. The summed E-state index contributed by atoms with van der Waals surface area (Å²) in [5.41, 5.74) is 2.42. The second-order valence-electron chi connectivity index (χ2n) is 7.43. The molecule has 2 aromatic rings. The van der Waals surface area contributed by atoms with Crippen molar-refractivity contribution in [2.75, 3.05) is 6.54 Å². The average molecular weight is 401 g/mol. The molecule has 2 aliphatic rings. The van der Waals surface area contributed by atoms with Gasteiger partial charge in [-0.05, 0) is 36.6 Å². The van der Waals surface area contributed by atoms with Gasteiger partial charge in [-0.25, -0.2) is 4.39 Å². The van der Waals surface area contributed by atoms with Crippen LogP contribution in [-0.4, -0.2) is 29.2 Å². The first-order valence-corrected chi connectivity index (χ1v) is 9.99. The predicted octanol–water partition coefficient (Wildman–Crippen LogP) is 4.80. The third-order valence-corrected chi connectivity index (χ3v) is 5.70. The first kappa shape index (κ1) is 18.9. The zero-order chi connectivity index (χ0) is 19.5. The summed E-state index contributed by atoms with van der Waals surface area (Å²) < 4.78 is 13.6. The van der Waals surface area contributed by atoms with Gasteiger partial charge < -0.3 is 9.74 Å². The maximum atomic E-state index is 13.6. The zero-order valence-corrected chi connectivity index (χ0v) is 16.2. The summed E-state index contributed by atoms with van der Waals surface area (Å²) in [5.74, 6) is -0.112. The maximum absolute atomic E-state index is 13.6. The van der Waals surface area contributed by atoms with Crippen molar-refractivity contribution in [1.29, 1.82) is 0 Å². The molecule has 1 saturated carbocycles. The lowest BCUT2D eigenvalue weighted by atomic mass is 9.84. The molecule has 1 aliphatic carbocycles. The van der Waals surface area contributed by atoms with E-state index >= 15 is 0 Å². The molecule has 0 spiro atoms. The van der Waals surface area contributed by atoms with Crippen LogP contribution in [0.2, 0.25) is 5.02 Å². The van der Waals surface area contributed by atoms with E-state index in [1.165, 1.54) is 12.1 Å². The molecule has 28 heavy (non-hydrogen) atoms. The monoisotopic (exact) mass is 400 g/mol. The molecule has 146 valence electrons. The van der Waals surface area contributed by atoms with E-state index < -0.39 is 0 Å². The van der Waals surface area contributed by atoms with Gasteiger partial charge in [-0.15, -0.1) is 0 Å². The number of carbonyl (C=O) groups excluding carboxylic acids is 1. The third-order valence-electron chi connectivity index (χ3n) is 5.37. The Labute approximate surface area is 168 Å². The van der Waals surface area contributed by atoms with Crippen molar-refractivity contribution < 1.29 is 14.0 Å². The summed E-state index contributed by atoms with van der Waals surface area (Å²) in [7, 11) is 0. The Morgan fingerprint density at radius 2 is 2.04 bits per heavy atom. The molecule has 1 unspecified atom stereocenters. The predicted molar refractivity (Wildman–Crippen MR) is 107 cm³/mol. The van der Waals surface area contributed by atoms with Crippen molar-refractivity contribution in [1.82, 2.24) is 4.90 Å². The van der Waals surface area contributed by atoms with Gasteiger partial charge in [0.25, 0.3) is 0 Å². The second kappa shape index (κ2) is 8.31. The van der Waals surface area contributed by atoms with Gasteiger partial charge in [0, 0.05) is 29.5 Å². The van der Waals surface area contributed by atoms with Gasteiger partial charge in [0.1, 0.15) is 5.82 Å². The summed E-state index contributed by atoms with van der Waals surface area (Å²) in [6, 6.07) is 13.9. The van der Waals surface area contributed by atoms with Crippen LogP contribution < -0.4 is 0 Å². The van der Waals surface area contributed by atoms with Crippen molar-refractivity contribution in [3.05, 3.63) is 70.5 Å². The average Bonchev–Trinajstić information content (AvgIpc) is 3.08. The normalized spacial score (nSPS) is 18.9. The molecule has 0 saturated heterocycles. The highest BCUT2D eigenvalue weighted by Crippen LogP contribution is 2.30. The van der Waals surface area contributed by atoms with Crippen LogP contribution >= 0.6 is 11.6 Å². The molecule has 1 aliphatic heterocycles. The van der Waals surface area contributed by atoms with Crippen LogP contribution in [0.3, 0.4) is 0 Å². The van der Waals surface area contributed by atoms with Gasteiger partial charge in [0.2, 0.25) is 5.91 Å². The lowest BCUT2D eigenvalue weighted by molar-refractivity contribution is -0.140. The summed E-state index contributed by atoms with van der Waals surface area (Å²) in [5, 5.41) is 4.83. The number of amides is 1. The minimum Gasteiger partial charge on any atom is -0.390 e. The Morgan fingerprint density at radius 3 is 2.75 bits per heavy atom. The molecule has 0 radical (unpaired) electrons. The number of halogens is 2. The van der Waals surface area contributed by atoms with Crippen molar-refractivity contribution in [3.63, 3.8) is 0 Å². The highest BCUT2D eigenvalue weighted by atomic mass is 35.5. The van der Waals surface area contributed by atoms with E-state index in [4.69, 9.17) is 16.4 Å². The molecule has 1 atom stereocenters. The Balaban J connectivity index is 1.45. The van der Waals surface area contributed by atoms with Crippen molar-refractivity contribution in [2.45, 2.75) is 38.3 Å². The van der Waals surface area contributed by atoms with Crippen molar-refractivity contribution >= 4 is 23.2 Å². The van der Waals surface area contributed by atoms with Gasteiger partial charge in [0.05, 0.1) is 12.3 Å². The van der Waals surface area contributed by atoms with Crippen LogP contribution in [0.5, 0.6) is 0 Å². The van der Waals surface area contributed by atoms with Gasteiger partial charge in [-0.1, -0.05) is 53.5 Å². The lowest BCUT2D eigenvalue weighted by Crippen LogP contribution is -2.42. The molecule has 2 aromatic carbocycles. The number of hydrogen-bond acceptors (Lipinski definition) is 3. The molecule has 6 heteroatoms. The second-order valence-corrected chi connectivity index (χ2v) is 7.83. The summed E-state index contributed by atoms with van der Waals surface area (Å²) in [4.78, 5) is 20.3. The Hall–Kier alpha value is -2.40. The number of oxime groups is 1. The third kappa shape index (κ3) is 4.20. The minimum atomic E-state index is -0.296. The first-order chi connectivity index (χ1) is 13.6. The van der Waals surface area contributed by atoms with Crippen LogP contribution in [0.15, 0.2) is 53.7 Å². The van der Waals surface area contributed by atoms with Crippen LogP contribution in [0.1, 0.15) is 36.8 Å². The SMILES string of the molecule is O=C(C1CCC1)N(Cc1cccc(F)c1)CC1CC(c2ccccc2Cl)=NO1. The van der Waals surface area contributed by atoms with E-state index in [1.54, 1.807) is 11.0 Å². The van der Waals surface area contributed by atoms with Gasteiger partial charge in [-0.3, -0.25) is 4.79 Å². The van der Waals surface area contributed by atoms with Crippen LogP contribution in [0.4, 0.5) is 4.39 Å². The standard InChI is InChI=1S/C22H22ClFN2O2/c23-20-10-2-1-9-19(20)21-12-18(28-25-21)14-26(22(27)16-6-4-7-16)13-15-5-3-8-17(24)11-15/h1-3,5,8-11,16,18H,4,6-7,12-14H2. The van der Waals surface area contributed by atoms with E-state index in [2.05, 4.69) is 5.16 Å². The summed E-state index contributed by atoms with van der Waals surface area (Å²) >= 11 is 6.26. The molecular formula is C22H22ClFN2O2. The molecule has 0 N–H and O–H groups in total. The lowest BCUT2D eigenvalue weighted by Gasteiger charge is -2.32. The maximum Gasteiger partial charge on any atom is 0.226 e. The van der Waals surface area contributed by atoms with Gasteiger partial charge in [-0.2, -0.15) is 0 Å². The van der Waals surface area contributed by atoms with E-state index in [9.17, 15) is 9.18 Å². The fourth-order valence-electron chi connectivity index (χ4n) is 3.63. The summed E-state index contributed by atoms with van der Waals surface area (Å²) in [6.45, 7) is 0.789. The Bertz CT molecular complexity index is 898. The van der Waals surface area contributed by atoms with Crippen LogP contribution in [0, 0.1) is 11.7 Å². The fraction of sp³-hybridized carbons (Fsp3) is 0.364. The molecule has 0 bridgehead atoms. The van der Waals surface area contributed by atoms with Crippen LogP contribution in [0.25, 0.3) is 0 Å².